The molecule has 25 heavy (non-hydrogen) atoms. The van der Waals surface area contributed by atoms with Gasteiger partial charge in [-0.05, 0) is 26.0 Å². The number of morpholine rings is 1. The van der Waals surface area contributed by atoms with Crippen LogP contribution in [0.5, 0.6) is 0 Å². The SMILES string of the molecule is Cc1noc(C)c1CN1CCO[C@@H]2CN(C(=O)c3ccccc3)C[C@@H]21. The summed E-state index contributed by atoms with van der Waals surface area (Å²) in [4.78, 5) is 17.1. The summed E-state index contributed by atoms with van der Waals surface area (Å²) in [6.45, 7) is 7.62. The van der Waals surface area contributed by atoms with Crippen molar-refractivity contribution in [2.24, 2.45) is 0 Å². The normalized spacial score (nSPS) is 23.7. The standard InChI is InChI=1S/C19H23N3O3/c1-13-16(14(2)25-20-13)10-21-8-9-24-18-12-22(11-17(18)21)19(23)15-6-4-3-5-7-15/h3-7,17-18H,8-12H2,1-2H3/t17-,18+/m0/s1. The second-order valence-corrected chi connectivity index (χ2v) is 6.83. The minimum Gasteiger partial charge on any atom is -0.373 e. The summed E-state index contributed by atoms with van der Waals surface area (Å²) in [7, 11) is 0. The van der Waals surface area contributed by atoms with Gasteiger partial charge in [0.05, 0.1) is 24.4 Å². The van der Waals surface area contributed by atoms with Crippen molar-refractivity contribution in [2.45, 2.75) is 32.5 Å². The molecule has 6 heteroatoms. The Morgan fingerprint density at radius 3 is 2.76 bits per heavy atom. The Morgan fingerprint density at radius 2 is 2.04 bits per heavy atom. The van der Waals surface area contributed by atoms with Crippen molar-refractivity contribution in [1.82, 2.24) is 15.0 Å². The molecule has 0 spiro atoms. The van der Waals surface area contributed by atoms with Crippen molar-refractivity contribution in [2.75, 3.05) is 26.2 Å². The fourth-order valence-electron chi connectivity index (χ4n) is 3.81. The predicted molar refractivity (Wildman–Crippen MR) is 92.3 cm³/mol. The quantitative estimate of drug-likeness (QED) is 0.855. The molecule has 2 saturated heterocycles. The maximum Gasteiger partial charge on any atom is 0.253 e. The van der Waals surface area contributed by atoms with E-state index in [2.05, 4.69) is 10.1 Å². The Balaban J connectivity index is 1.49. The molecule has 2 aliphatic rings. The molecule has 2 atom stereocenters. The van der Waals surface area contributed by atoms with Crippen LogP contribution in [0.2, 0.25) is 0 Å². The zero-order valence-electron chi connectivity index (χ0n) is 14.6. The molecule has 6 nitrogen and oxygen atoms in total. The molecule has 2 aromatic rings. The third-order valence-electron chi connectivity index (χ3n) is 5.27. The number of fused-ring (bicyclic) bond motifs is 1. The van der Waals surface area contributed by atoms with Crippen molar-refractivity contribution in [3.8, 4) is 0 Å². The minimum absolute atomic E-state index is 0.0712. The maximum atomic E-state index is 12.7. The highest BCUT2D eigenvalue weighted by Gasteiger charge is 2.42. The van der Waals surface area contributed by atoms with Crippen molar-refractivity contribution >= 4 is 5.91 Å². The number of hydrogen-bond donors (Lipinski definition) is 0. The average Bonchev–Trinajstić information content (AvgIpc) is 3.21. The summed E-state index contributed by atoms with van der Waals surface area (Å²) in [5.41, 5.74) is 2.82. The van der Waals surface area contributed by atoms with E-state index < -0.39 is 0 Å². The summed E-state index contributed by atoms with van der Waals surface area (Å²) in [6.07, 6.45) is 0.0712. The Labute approximate surface area is 147 Å². The van der Waals surface area contributed by atoms with Gasteiger partial charge in [0, 0.05) is 37.3 Å². The number of carbonyl (C=O) groups is 1. The summed E-state index contributed by atoms with van der Waals surface area (Å²) in [5, 5.41) is 4.05. The van der Waals surface area contributed by atoms with Crippen molar-refractivity contribution < 1.29 is 14.1 Å². The first kappa shape index (κ1) is 16.3. The van der Waals surface area contributed by atoms with Crippen LogP contribution in [0.1, 0.15) is 27.4 Å². The predicted octanol–water partition coefficient (Wildman–Crippen LogP) is 2.02. The van der Waals surface area contributed by atoms with Gasteiger partial charge in [0.1, 0.15) is 5.76 Å². The third kappa shape index (κ3) is 3.07. The second kappa shape index (κ2) is 6.61. The van der Waals surface area contributed by atoms with Gasteiger partial charge in [-0.25, -0.2) is 0 Å². The number of likely N-dealkylation sites (tertiary alicyclic amines) is 1. The number of nitrogens with zero attached hydrogens (tertiary/aromatic N) is 3. The lowest BCUT2D eigenvalue weighted by Gasteiger charge is -2.36. The highest BCUT2D eigenvalue weighted by molar-refractivity contribution is 5.94. The molecule has 1 aromatic heterocycles. The van der Waals surface area contributed by atoms with Gasteiger partial charge < -0.3 is 14.2 Å². The van der Waals surface area contributed by atoms with Crippen molar-refractivity contribution in [3.05, 3.63) is 52.9 Å². The zero-order valence-corrected chi connectivity index (χ0v) is 14.6. The van der Waals surface area contributed by atoms with Crippen LogP contribution in [-0.2, 0) is 11.3 Å². The number of benzene rings is 1. The lowest BCUT2D eigenvalue weighted by Crippen LogP contribution is -2.50. The molecule has 2 fully saturated rings. The van der Waals surface area contributed by atoms with Crippen LogP contribution in [-0.4, -0.2) is 59.3 Å². The zero-order chi connectivity index (χ0) is 17.4. The van der Waals surface area contributed by atoms with Gasteiger partial charge in [-0.2, -0.15) is 0 Å². The van der Waals surface area contributed by atoms with E-state index in [1.54, 1.807) is 0 Å². The van der Waals surface area contributed by atoms with E-state index in [-0.39, 0.29) is 18.1 Å². The van der Waals surface area contributed by atoms with Crippen molar-refractivity contribution in [3.63, 3.8) is 0 Å². The minimum atomic E-state index is 0.0712. The van der Waals surface area contributed by atoms with E-state index in [0.29, 0.717) is 19.7 Å². The van der Waals surface area contributed by atoms with Crippen LogP contribution in [0.25, 0.3) is 0 Å². The van der Waals surface area contributed by atoms with Gasteiger partial charge >= 0.3 is 0 Å². The van der Waals surface area contributed by atoms with Gasteiger partial charge in [0.15, 0.2) is 0 Å². The van der Waals surface area contributed by atoms with E-state index in [4.69, 9.17) is 9.26 Å². The third-order valence-corrected chi connectivity index (χ3v) is 5.27. The first-order valence-corrected chi connectivity index (χ1v) is 8.75. The van der Waals surface area contributed by atoms with Crippen LogP contribution in [0.15, 0.2) is 34.9 Å². The fraction of sp³-hybridized carbons (Fsp3) is 0.474. The molecule has 132 valence electrons. The fourth-order valence-corrected chi connectivity index (χ4v) is 3.81. The van der Waals surface area contributed by atoms with Gasteiger partial charge in [0.2, 0.25) is 0 Å². The topological polar surface area (TPSA) is 58.8 Å². The molecular weight excluding hydrogens is 318 g/mol. The van der Waals surface area contributed by atoms with Crippen LogP contribution < -0.4 is 0 Å². The first-order chi connectivity index (χ1) is 12.1. The molecule has 2 aliphatic heterocycles. The van der Waals surface area contributed by atoms with Gasteiger partial charge in [0.25, 0.3) is 5.91 Å². The van der Waals surface area contributed by atoms with E-state index in [1.165, 1.54) is 0 Å². The Morgan fingerprint density at radius 1 is 1.24 bits per heavy atom. The number of rotatable bonds is 3. The molecule has 0 radical (unpaired) electrons. The summed E-state index contributed by atoms with van der Waals surface area (Å²) in [6, 6.07) is 9.68. The molecule has 3 heterocycles. The number of hydrogen-bond acceptors (Lipinski definition) is 5. The smallest absolute Gasteiger partial charge is 0.253 e. The Kier molecular flexibility index (Phi) is 4.31. The number of ether oxygens (including phenoxy) is 1. The molecule has 0 bridgehead atoms. The van der Waals surface area contributed by atoms with Crippen LogP contribution in [0.3, 0.4) is 0 Å². The molecule has 1 aromatic carbocycles. The summed E-state index contributed by atoms with van der Waals surface area (Å²) in [5.74, 6) is 0.951. The van der Waals surface area contributed by atoms with E-state index in [0.717, 1.165) is 35.7 Å². The highest BCUT2D eigenvalue weighted by Crippen LogP contribution is 2.27. The van der Waals surface area contributed by atoms with E-state index in [1.807, 2.05) is 49.1 Å². The number of carbonyl (C=O) groups excluding carboxylic acids is 1. The monoisotopic (exact) mass is 341 g/mol. The number of aryl methyl sites for hydroxylation is 2. The molecule has 4 rings (SSSR count). The Hall–Kier alpha value is -2.18. The number of aromatic nitrogens is 1. The molecule has 0 unspecified atom stereocenters. The lowest BCUT2D eigenvalue weighted by molar-refractivity contribution is -0.0505. The van der Waals surface area contributed by atoms with Crippen molar-refractivity contribution in [1.29, 1.82) is 0 Å². The second-order valence-electron chi connectivity index (χ2n) is 6.83. The molecular formula is C19H23N3O3. The molecule has 0 aliphatic carbocycles. The molecule has 0 saturated carbocycles. The average molecular weight is 341 g/mol. The summed E-state index contributed by atoms with van der Waals surface area (Å²) >= 11 is 0. The molecule has 0 N–H and O–H groups in total. The van der Waals surface area contributed by atoms with E-state index >= 15 is 0 Å². The highest BCUT2D eigenvalue weighted by atomic mass is 16.5. The lowest BCUT2D eigenvalue weighted by atomic mass is 10.1. The first-order valence-electron chi connectivity index (χ1n) is 8.75. The maximum absolute atomic E-state index is 12.7. The van der Waals surface area contributed by atoms with Gasteiger partial charge in [-0.1, -0.05) is 23.4 Å². The van der Waals surface area contributed by atoms with Crippen LogP contribution in [0.4, 0.5) is 0 Å². The Bertz CT molecular complexity index is 739. The largest absolute Gasteiger partial charge is 0.373 e. The number of amides is 1. The van der Waals surface area contributed by atoms with Gasteiger partial charge in [-0.15, -0.1) is 0 Å². The van der Waals surface area contributed by atoms with Gasteiger partial charge in [-0.3, -0.25) is 9.69 Å². The summed E-state index contributed by atoms with van der Waals surface area (Å²) < 4.78 is 11.2. The van der Waals surface area contributed by atoms with E-state index in [9.17, 15) is 4.79 Å². The van der Waals surface area contributed by atoms with Crippen LogP contribution in [0, 0.1) is 13.8 Å². The van der Waals surface area contributed by atoms with Crippen LogP contribution >= 0.6 is 0 Å². The molecule has 1 amide bonds.